The van der Waals surface area contributed by atoms with Crippen molar-refractivity contribution in [2.24, 2.45) is 0 Å². The predicted molar refractivity (Wildman–Crippen MR) is 61.3 cm³/mol. The third-order valence-corrected chi connectivity index (χ3v) is 3.49. The summed E-state index contributed by atoms with van der Waals surface area (Å²) < 4.78 is 11.0. The van der Waals surface area contributed by atoms with Gasteiger partial charge in [0.05, 0.1) is 0 Å². The zero-order valence-corrected chi connectivity index (χ0v) is 10.0. The van der Waals surface area contributed by atoms with Crippen LogP contribution in [0.5, 0.6) is 0 Å². The Morgan fingerprint density at radius 2 is 2.38 bits per heavy atom. The zero-order valence-electron chi connectivity index (χ0n) is 9.19. The molecule has 8 heteroatoms. The van der Waals surface area contributed by atoms with Gasteiger partial charge < -0.3 is 11.1 Å². The number of nitrogens with one attached hydrogen (secondary N) is 2. The second kappa shape index (κ2) is 5.59. The van der Waals surface area contributed by atoms with Crippen LogP contribution in [-0.4, -0.2) is 43.3 Å². The van der Waals surface area contributed by atoms with E-state index in [1.54, 1.807) is 6.26 Å². The van der Waals surface area contributed by atoms with Gasteiger partial charge in [0.1, 0.15) is 0 Å². The number of nitrogen functional groups attached to an aromatic ring is 1. The fraction of sp³-hybridized carbons (Fsp3) is 0.625. The molecule has 1 heterocycles. The molecule has 2 atom stereocenters. The van der Waals surface area contributed by atoms with Crippen LogP contribution in [0, 0.1) is 0 Å². The summed E-state index contributed by atoms with van der Waals surface area (Å²) in [5.74, 6) is -0.241. The Hall–Kier alpha value is -1.44. The number of anilines is 1. The highest BCUT2D eigenvalue weighted by Gasteiger charge is 2.11. The maximum absolute atomic E-state index is 11.4. The number of rotatable bonds is 5. The van der Waals surface area contributed by atoms with E-state index in [9.17, 15) is 9.00 Å². The Labute approximate surface area is 95.7 Å². The molecular weight excluding hydrogens is 230 g/mol. The van der Waals surface area contributed by atoms with E-state index in [0.717, 1.165) is 0 Å². The van der Waals surface area contributed by atoms with Crippen LogP contribution in [-0.2, 0) is 10.8 Å². The van der Waals surface area contributed by atoms with Crippen molar-refractivity contribution in [3.63, 3.8) is 0 Å². The van der Waals surface area contributed by atoms with Crippen molar-refractivity contribution in [1.82, 2.24) is 20.5 Å². The molecule has 0 bridgehead atoms. The van der Waals surface area contributed by atoms with Gasteiger partial charge >= 0.3 is 0 Å². The molecule has 4 N–H and O–H groups in total. The van der Waals surface area contributed by atoms with Crippen LogP contribution in [0.2, 0.25) is 0 Å². The van der Waals surface area contributed by atoms with Crippen molar-refractivity contribution in [1.29, 1.82) is 0 Å². The standard InChI is InChI=1S/C8H15N5O2S/c1-5(16(2)15)3-4-10-7(14)6-11-8(9)13-12-6/h5H,3-4H2,1-2H3,(H,10,14)(H3,9,11,12,13). The molecule has 1 amide bonds. The minimum atomic E-state index is -0.872. The number of carbonyl (C=O) groups is 1. The van der Waals surface area contributed by atoms with Crippen LogP contribution >= 0.6 is 0 Å². The number of aromatic amines is 1. The fourth-order valence-corrected chi connectivity index (χ4v) is 1.46. The van der Waals surface area contributed by atoms with Gasteiger partial charge in [-0.25, -0.2) is 0 Å². The average molecular weight is 245 g/mol. The van der Waals surface area contributed by atoms with E-state index in [1.807, 2.05) is 6.92 Å². The molecule has 0 aliphatic heterocycles. The van der Waals surface area contributed by atoms with E-state index in [-0.39, 0.29) is 22.9 Å². The number of carbonyl (C=O) groups excluding carboxylic acids is 1. The molecule has 1 aromatic rings. The zero-order chi connectivity index (χ0) is 12.1. The molecule has 16 heavy (non-hydrogen) atoms. The quantitative estimate of drug-likeness (QED) is 0.633. The number of nitrogens with two attached hydrogens (primary N) is 1. The summed E-state index contributed by atoms with van der Waals surface area (Å²) in [5, 5.41) is 8.64. The molecule has 90 valence electrons. The topological polar surface area (TPSA) is 114 Å². The first-order chi connectivity index (χ1) is 7.50. The molecule has 2 unspecified atom stereocenters. The van der Waals surface area contributed by atoms with E-state index in [4.69, 9.17) is 5.73 Å². The van der Waals surface area contributed by atoms with Gasteiger partial charge in [0, 0.05) is 28.9 Å². The molecule has 0 spiro atoms. The molecule has 7 nitrogen and oxygen atoms in total. The summed E-state index contributed by atoms with van der Waals surface area (Å²) in [6.07, 6.45) is 2.29. The lowest BCUT2D eigenvalue weighted by atomic mass is 10.3. The van der Waals surface area contributed by atoms with Crippen molar-refractivity contribution in [3.05, 3.63) is 5.82 Å². The van der Waals surface area contributed by atoms with Gasteiger partial charge in [0.15, 0.2) is 0 Å². The van der Waals surface area contributed by atoms with Crippen LogP contribution in [0.25, 0.3) is 0 Å². The minimum absolute atomic E-state index is 0.0354. The van der Waals surface area contributed by atoms with Gasteiger partial charge in [-0.2, -0.15) is 4.98 Å². The first kappa shape index (κ1) is 12.6. The second-order valence-corrected chi connectivity index (χ2v) is 5.20. The first-order valence-electron chi connectivity index (χ1n) is 4.79. The number of aromatic nitrogens is 3. The number of amides is 1. The molecule has 0 saturated heterocycles. The van der Waals surface area contributed by atoms with Crippen LogP contribution in [0.4, 0.5) is 5.95 Å². The molecule has 0 aromatic carbocycles. The average Bonchev–Trinajstić information content (AvgIpc) is 2.64. The van der Waals surface area contributed by atoms with Crippen molar-refractivity contribution in [2.45, 2.75) is 18.6 Å². The largest absolute Gasteiger partial charge is 0.366 e. The van der Waals surface area contributed by atoms with E-state index < -0.39 is 10.8 Å². The van der Waals surface area contributed by atoms with Gasteiger partial charge in [-0.05, 0) is 6.42 Å². The van der Waals surface area contributed by atoms with E-state index in [2.05, 4.69) is 20.5 Å². The van der Waals surface area contributed by atoms with Crippen molar-refractivity contribution in [2.75, 3.05) is 18.5 Å². The molecule has 1 rings (SSSR count). The van der Waals surface area contributed by atoms with Crippen LogP contribution in [0.3, 0.4) is 0 Å². The molecule has 0 radical (unpaired) electrons. The fourth-order valence-electron chi connectivity index (χ4n) is 1.01. The van der Waals surface area contributed by atoms with E-state index in [1.165, 1.54) is 0 Å². The van der Waals surface area contributed by atoms with Crippen molar-refractivity contribution in [3.8, 4) is 0 Å². The third-order valence-electron chi connectivity index (χ3n) is 2.12. The highest BCUT2D eigenvalue weighted by Crippen LogP contribution is 1.98. The number of H-pyrrole nitrogens is 1. The summed E-state index contributed by atoms with van der Waals surface area (Å²) in [4.78, 5) is 15.1. The lowest BCUT2D eigenvalue weighted by Gasteiger charge is -2.07. The smallest absolute Gasteiger partial charge is 0.288 e. The molecule has 0 aliphatic rings. The summed E-state index contributed by atoms with van der Waals surface area (Å²) >= 11 is 0. The number of hydrogen-bond donors (Lipinski definition) is 3. The summed E-state index contributed by atoms with van der Waals surface area (Å²) in [7, 11) is -0.872. The third kappa shape index (κ3) is 3.61. The lowest BCUT2D eigenvalue weighted by Crippen LogP contribution is -2.28. The maximum atomic E-state index is 11.4. The SMILES string of the molecule is CC(CCNC(=O)c1nc(N)n[nH]1)S(C)=O. The van der Waals surface area contributed by atoms with Crippen molar-refractivity contribution < 1.29 is 9.00 Å². The first-order valence-corrected chi connectivity index (χ1v) is 6.41. The highest BCUT2D eigenvalue weighted by molar-refractivity contribution is 7.84. The Morgan fingerprint density at radius 1 is 1.69 bits per heavy atom. The van der Waals surface area contributed by atoms with Gasteiger partial charge in [-0.1, -0.05) is 6.92 Å². The monoisotopic (exact) mass is 245 g/mol. The second-order valence-electron chi connectivity index (χ2n) is 3.40. The van der Waals surface area contributed by atoms with Gasteiger partial charge in [-0.15, -0.1) is 5.10 Å². The summed E-state index contributed by atoms with van der Waals surface area (Å²) in [5.41, 5.74) is 5.26. The summed E-state index contributed by atoms with van der Waals surface area (Å²) in [6.45, 7) is 2.31. The van der Waals surface area contributed by atoms with Crippen LogP contribution < -0.4 is 11.1 Å². The summed E-state index contributed by atoms with van der Waals surface area (Å²) in [6, 6.07) is 0. The number of nitrogens with zero attached hydrogens (tertiary/aromatic N) is 2. The van der Waals surface area contributed by atoms with E-state index >= 15 is 0 Å². The molecule has 0 saturated carbocycles. The van der Waals surface area contributed by atoms with Crippen LogP contribution in [0.1, 0.15) is 24.0 Å². The molecule has 0 aliphatic carbocycles. The Kier molecular flexibility index (Phi) is 4.41. The Bertz CT molecular complexity index is 392. The van der Waals surface area contributed by atoms with Gasteiger partial charge in [-0.3, -0.25) is 14.1 Å². The van der Waals surface area contributed by atoms with Gasteiger partial charge in [0.25, 0.3) is 5.91 Å². The van der Waals surface area contributed by atoms with Crippen LogP contribution in [0.15, 0.2) is 0 Å². The van der Waals surface area contributed by atoms with Gasteiger partial charge in [0.2, 0.25) is 11.8 Å². The number of hydrogen-bond acceptors (Lipinski definition) is 5. The lowest BCUT2D eigenvalue weighted by molar-refractivity contribution is 0.0943. The molecule has 0 fully saturated rings. The molecule has 1 aromatic heterocycles. The Morgan fingerprint density at radius 3 is 2.88 bits per heavy atom. The molecular formula is C8H15N5O2S. The highest BCUT2D eigenvalue weighted by atomic mass is 32.2. The Balaban J connectivity index is 2.34. The maximum Gasteiger partial charge on any atom is 0.288 e. The normalized spacial score (nSPS) is 14.4. The minimum Gasteiger partial charge on any atom is -0.366 e. The van der Waals surface area contributed by atoms with E-state index in [0.29, 0.717) is 13.0 Å². The predicted octanol–water partition coefficient (Wildman–Crippen LogP) is -0.726. The van der Waals surface area contributed by atoms with Crippen molar-refractivity contribution >= 4 is 22.7 Å².